The van der Waals surface area contributed by atoms with E-state index in [9.17, 15) is 22.8 Å². The van der Waals surface area contributed by atoms with Crippen LogP contribution in [-0.4, -0.2) is 24.4 Å². The van der Waals surface area contributed by atoms with Crippen molar-refractivity contribution in [3.05, 3.63) is 65.5 Å². The smallest absolute Gasteiger partial charge is 0.251 e. The van der Waals surface area contributed by atoms with Crippen LogP contribution in [0.25, 0.3) is 0 Å². The number of carbonyl (C=O) groups is 2. The van der Waals surface area contributed by atoms with Gasteiger partial charge in [-0.2, -0.15) is 0 Å². The van der Waals surface area contributed by atoms with E-state index < -0.39 is 29.4 Å². The van der Waals surface area contributed by atoms with Crippen LogP contribution in [0.15, 0.2) is 42.5 Å². The van der Waals surface area contributed by atoms with E-state index in [1.165, 1.54) is 23.1 Å². The van der Waals surface area contributed by atoms with Gasteiger partial charge in [-0.05, 0) is 36.4 Å². The maximum atomic E-state index is 13.3. The van der Waals surface area contributed by atoms with E-state index in [-0.39, 0.29) is 24.4 Å². The van der Waals surface area contributed by atoms with Crippen LogP contribution < -0.4 is 10.2 Å². The molecule has 1 N–H and O–H groups in total. The molecule has 1 heterocycles. The number of benzene rings is 2. The third-order valence-corrected chi connectivity index (χ3v) is 3.76. The summed E-state index contributed by atoms with van der Waals surface area (Å²) < 4.78 is 39.4. The molecular formula is C17H13F3N2O2. The molecule has 0 spiro atoms. The van der Waals surface area contributed by atoms with Crippen LogP contribution in [0.4, 0.5) is 18.9 Å². The van der Waals surface area contributed by atoms with Crippen LogP contribution in [0, 0.1) is 17.5 Å². The average Bonchev–Trinajstić information content (AvgIpc) is 2.90. The van der Waals surface area contributed by atoms with Gasteiger partial charge in [0.1, 0.15) is 5.82 Å². The minimum Gasteiger partial charge on any atom is -0.347 e. The lowest BCUT2D eigenvalue weighted by atomic mass is 10.1. The van der Waals surface area contributed by atoms with E-state index in [0.717, 1.165) is 18.2 Å². The fraction of sp³-hybridized carbons (Fsp3) is 0.176. The van der Waals surface area contributed by atoms with Crippen molar-refractivity contribution in [2.75, 3.05) is 11.4 Å². The first-order chi connectivity index (χ1) is 11.4. The van der Waals surface area contributed by atoms with Gasteiger partial charge in [0.2, 0.25) is 5.91 Å². The Morgan fingerprint density at radius 3 is 2.58 bits per heavy atom. The normalized spacial score (nSPS) is 17.2. The summed E-state index contributed by atoms with van der Waals surface area (Å²) in [4.78, 5) is 25.5. The molecule has 2 amide bonds. The van der Waals surface area contributed by atoms with Gasteiger partial charge < -0.3 is 10.2 Å². The Kier molecular flexibility index (Phi) is 4.24. The Morgan fingerprint density at radius 2 is 1.88 bits per heavy atom. The van der Waals surface area contributed by atoms with Gasteiger partial charge in [0.15, 0.2) is 11.6 Å². The second-order valence-electron chi connectivity index (χ2n) is 5.49. The largest absolute Gasteiger partial charge is 0.347 e. The molecule has 3 rings (SSSR count). The lowest BCUT2D eigenvalue weighted by Crippen LogP contribution is -2.37. The van der Waals surface area contributed by atoms with Gasteiger partial charge in [-0.25, -0.2) is 13.2 Å². The van der Waals surface area contributed by atoms with Crippen molar-refractivity contribution < 1.29 is 22.8 Å². The van der Waals surface area contributed by atoms with E-state index >= 15 is 0 Å². The van der Waals surface area contributed by atoms with Gasteiger partial charge in [0.05, 0.1) is 6.04 Å². The summed E-state index contributed by atoms with van der Waals surface area (Å²) >= 11 is 0. The highest BCUT2D eigenvalue weighted by Crippen LogP contribution is 2.22. The van der Waals surface area contributed by atoms with Gasteiger partial charge >= 0.3 is 0 Å². The molecule has 0 bridgehead atoms. The van der Waals surface area contributed by atoms with Crippen LogP contribution in [0.2, 0.25) is 0 Å². The fourth-order valence-corrected chi connectivity index (χ4v) is 2.60. The Bertz CT molecular complexity index is 810. The summed E-state index contributed by atoms with van der Waals surface area (Å²) in [7, 11) is 0. The number of nitrogens with zero attached hydrogens (tertiary/aromatic N) is 1. The topological polar surface area (TPSA) is 49.4 Å². The lowest BCUT2D eigenvalue weighted by molar-refractivity contribution is -0.117. The molecule has 0 radical (unpaired) electrons. The molecule has 7 heteroatoms. The van der Waals surface area contributed by atoms with E-state index in [4.69, 9.17) is 0 Å². The predicted molar refractivity (Wildman–Crippen MR) is 81.0 cm³/mol. The molecule has 0 aromatic heterocycles. The first kappa shape index (κ1) is 16.0. The molecule has 1 saturated heterocycles. The number of amides is 2. The number of rotatable bonds is 3. The zero-order chi connectivity index (χ0) is 17.3. The maximum absolute atomic E-state index is 13.3. The minimum absolute atomic E-state index is 0.0365. The van der Waals surface area contributed by atoms with Gasteiger partial charge in [-0.1, -0.05) is 6.07 Å². The first-order valence-corrected chi connectivity index (χ1v) is 7.26. The number of hydrogen-bond acceptors (Lipinski definition) is 2. The van der Waals surface area contributed by atoms with Gasteiger partial charge in [0, 0.05) is 24.2 Å². The molecule has 1 fully saturated rings. The standard InChI is InChI=1S/C17H13F3N2O2/c18-11-2-1-3-13(7-11)22-9-12(8-16(22)23)21-17(24)10-4-5-14(19)15(20)6-10/h1-7,12H,8-9H2,(H,21,24)/t12-/m0/s1. The van der Waals surface area contributed by atoms with Crippen molar-refractivity contribution in [3.8, 4) is 0 Å². The molecule has 24 heavy (non-hydrogen) atoms. The minimum atomic E-state index is -1.12. The van der Waals surface area contributed by atoms with Crippen molar-refractivity contribution in [2.45, 2.75) is 12.5 Å². The van der Waals surface area contributed by atoms with Gasteiger partial charge in [-0.15, -0.1) is 0 Å². The summed E-state index contributed by atoms with van der Waals surface area (Å²) in [6.45, 7) is 0.178. The van der Waals surface area contributed by atoms with Crippen LogP contribution in [0.5, 0.6) is 0 Å². The van der Waals surface area contributed by atoms with Crippen molar-refractivity contribution in [3.63, 3.8) is 0 Å². The van der Waals surface area contributed by atoms with E-state index in [1.54, 1.807) is 6.07 Å². The molecule has 124 valence electrons. The molecule has 0 unspecified atom stereocenters. The Hall–Kier alpha value is -2.83. The Labute approximate surface area is 135 Å². The summed E-state index contributed by atoms with van der Waals surface area (Å²) in [5.41, 5.74) is 0.370. The number of anilines is 1. The molecule has 4 nitrogen and oxygen atoms in total. The molecule has 1 aliphatic rings. The van der Waals surface area contributed by atoms with Crippen LogP contribution in [0.3, 0.4) is 0 Å². The summed E-state index contributed by atoms with van der Waals surface area (Å²) in [5.74, 6) is -3.48. The highest BCUT2D eigenvalue weighted by Gasteiger charge is 2.32. The Balaban J connectivity index is 1.69. The first-order valence-electron chi connectivity index (χ1n) is 7.26. The molecule has 1 aliphatic heterocycles. The summed E-state index contributed by atoms with van der Waals surface area (Å²) in [6, 6.07) is 7.92. The molecule has 2 aromatic rings. The van der Waals surface area contributed by atoms with Crippen molar-refractivity contribution in [2.24, 2.45) is 0 Å². The average molecular weight is 334 g/mol. The SMILES string of the molecule is O=C(N[C@H]1CC(=O)N(c2cccc(F)c2)C1)c1ccc(F)c(F)c1. The molecule has 0 saturated carbocycles. The lowest BCUT2D eigenvalue weighted by Gasteiger charge is -2.17. The van der Waals surface area contributed by atoms with E-state index in [1.807, 2.05) is 0 Å². The fourth-order valence-electron chi connectivity index (χ4n) is 2.60. The zero-order valence-electron chi connectivity index (χ0n) is 12.4. The number of nitrogens with one attached hydrogen (secondary N) is 1. The van der Waals surface area contributed by atoms with Crippen LogP contribution in [-0.2, 0) is 4.79 Å². The Morgan fingerprint density at radius 1 is 1.08 bits per heavy atom. The third kappa shape index (κ3) is 3.24. The van der Waals surface area contributed by atoms with Crippen molar-refractivity contribution in [1.29, 1.82) is 0 Å². The molecule has 0 aliphatic carbocycles. The predicted octanol–water partition coefficient (Wildman–Crippen LogP) is 2.64. The second kappa shape index (κ2) is 6.35. The summed E-state index contributed by atoms with van der Waals surface area (Å²) in [5, 5.41) is 2.60. The summed E-state index contributed by atoms with van der Waals surface area (Å²) in [6.07, 6.45) is 0.0475. The third-order valence-electron chi connectivity index (χ3n) is 3.76. The highest BCUT2D eigenvalue weighted by atomic mass is 19.2. The maximum Gasteiger partial charge on any atom is 0.251 e. The van der Waals surface area contributed by atoms with E-state index in [2.05, 4.69) is 5.32 Å². The number of hydrogen-bond donors (Lipinski definition) is 1. The number of carbonyl (C=O) groups excluding carboxylic acids is 2. The monoisotopic (exact) mass is 334 g/mol. The van der Waals surface area contributed by atoms with E-state index in [0.29, 0.717) is 5.69 Å². The second-order valence-corrected chi connectivity index (χ2v) is 5.49. The van der Waals surface area contributed by atoms with Gasteiger partial charge in [0.25, 0.3) is 5.91 Å². The molecular weight excluding hydrogens is 321 g/mol. The van der Waals surface area contributed by atoms with Gasteiger partial charge in [-0.3, -0.25) is 9.59 Å². The molecule has 2 aromatic carbocycles. The van der Waals surface area contributed by atoms with Crippen molar-refractivity contribution in [1.82, 2.24) is 5.32 Å². The molecule has 1 atom stereocenters. The number of halogens is 3. The van der Waals surface area contributed by atoms with Crippen LogP contribution >= 0.6 is 0 Å². The van der Waals surface area contributed by atoms with Crippen molar-refractivity contribution >= 4 is 17.5 Å². The van der Waals surface area contributed by atoms with Crippen LogP contribution in [0.1, 0.15) is 16.8 Å². The zero-order valence-corrected chi connectivity index (χ0v) is 12.4. The quantitative estimate of drug-likeness (QED) is 0.938. The highest BCUT2D eigenvalue weighted by molar-refractivity contribution is 5.98.